The zero-order valence-corrected chi connectivity index (χ0v) is 12.7. The molecule has 0 amide bonds. The van der Waals surface area contributed by atoms with Gasteiger partial charge in [-0.25, -0.2) is 4.68 Å². The van der Waals surface area contributed by atoms with E-state index in [2.05, 4.69) is 5.16 Å². The summed E-state index contributed by atoms with van der Waals surface area (Å²) >= 11 is 0. The van der Waals surface area contributed by atoms with Gasteiger partial charge in [-0.15, -0.1) is 0 Å². The highest BCUT2D eigenvalue weighted by molar-refractivity contribution is 5.78. The molecule has 0 radical (unpaired) electrons. The summed E-state index contributed by atoms with van der Waals surface area (Å²) < 4.78 is 7.33. The van der Waals surface area contributed by atoms with Crippen molar-refractivity contribution in [2.75, 3.05) is 0 Å². The number of hydrogen-bond donors (Lipinski definition) is 0. The van der Waals surface area contributed by atoms with E-state index in [-0.39, 0.29) is 0 Å². The van der Waals surface area contributed by atoms with Crippen molar-refractivity contribution in [1.82, 2.24) is 14.9 Å². The zero-order chi connectivity index (χ0) is 15.6. The average Bonchev–Trinajstić information content (AvgIpc) is 3.23. The molecule has 0 fully saturated rings. The van der Waals surface area contributed by atoms with E-state index in [4.69, 9.17) is 9.62 Å². The summed E-state index contributed by atoms with van der Waals surface area (Å²) in [5.74, 6) is 0.725. The number of benzene rings is 2. The van der Waals surface area contributed by atoms with E-state index in [0.717, 1.165) is 34.0 Å². The number of nitrogens with zero attached hydrogens (tertiary/aromatic N) is 3. The SMILES string of the molecule is Cc1cc(-c2cn(-c3ccccc3)nc2-c2ccccc2)on1. The second-order valence-electron chi connectivity index (χ2n) is 5.37. The predicted molar refractivity (Wildman–Crippen MR) is 89.2 cm³/mol. The Bertz CT molecular complexity index is 924. The van der Waals surface area contributed by atoms with Crippen molar-refractivity contribution >= 4 is 0 Å². The first-order valence-electron chi connectivity index (χ1n) is 7.45. The summed E-state index contributed by atoms with van der Waals surface area (Å²) in [5.41, 5.74) is 4.72. The maximum Gasteiger partial charge on any atom is 0.170 e. The fraction of sp³-hybridized carbons (Fsp3) is 0.0526. The van der Waals surface area contributed by atoms with E-state index in [0.29, 0.717) is 0 Å². The fourth-order valence-corrected chi connectivity index (χ4v) is 2.57. The topological polar surface area (TPSA) is 43.9 Å². The Kier molecular flexibility index (Phi) is 3.27. The van der Waals surface area contributed by atoms with Gasteiger partial charge in [0.2, 0.25) is 0 Å². The van der Waals surface area contributed by atoms with Crippen LogP contribution in [0.4, 0.5) is 0 Å². The van der Waals surface area contributed by atoms with Gasteiger partial charge in [0.1, 0.15) is 5.69 Å². The standard InChI is InChI=1S/C19H15N3O/c1-14-12-18(23-21-14)17-13-22(16-10-6-3-7-11-16)20-19(17)15-8-4-2-5-9-15/h2-13H,1H3. The van der Waals surface area contributed by atoms with Crippen LogP contribution in [0.25, 0.3) is 28.3 Å². The lowest BCUT2D eigenvalue weighted by molar-refractivity contribution is 0.427. The highest BCUT2D eigenvalue weighted by Crippen LogP contribution is 2.32. The van der Waals surface area contributed by atoms with Gasteiger partial charge in [0.05, 0.1) is 16.9 Å². The lowest BCUT2D eigenvalue weighted by Gasteiger charge is -2.00. The van der Waals surface area contributed by atoms with Crippen LogP contribution in [0.1, 0.15) is 5.69 Å². The Hall–Kier alpha value is -3.14. The molecule has 4 rings (SSSR count). The minimum absolute atomic E-state index is 0.725. The summed E-state index contributed by atoms with van der Waals surface area (Å²) in [6.45, 7) is 1.91. The molecule has 0 aliphatic heterocycles. The summed E-state index contributed by atoms with van der Waals surface area (Å²) in [6.07, 6.45) is 1.98. The van der Waals surface area contributed by atoms with Crippen molar-refractivity contribution in [2.45, 2.75) is 6.92 Å². The molecule has 0 N–H and O–H groups in total. The van der Waals surface area contributed by atoms with Gasteiger partial charge in [0.15, 0.2) is 5.76 Å². The van der Waals surface area contributed by atoms with Crippen molar-refractivity contribution in [3.63, 3.8) is 0 Å². The molecule has 2 heterocycles. The molecule has 4 aromatic rings. The van der Waals surface area contributed by atoms with Crippen LogP contribution in [0.5, 0.6) is 0 Å². The lowest BCUT2D eigenvalue weighted by Crippen LogP contribution is -1.93. The van der Waals surface area contributed by atoms with E-state index in [1.807, 2.05) is 84.5 Å². The molecule has 4 heteroatoms. The molecule has 2 aromatic heterocycles. The van der Waals surface area contributed by atoms with Crippen LogP contribution in [-0.4, -0.2) is 14.9 Å². The number of aromatic nitrogens is 3. The molecule has 0 unspecified atom stereocenters. The number of hydrogen-bond acceptors (Lipinski definition) is 3. The molecule has 0 saturated carbocycles. The van der Waals surface area contributed by atoms with Crippen molar-refractivity contribution in [1.29, 1.82) is 0 Å². The Morgan fingerprint density at radius 3 is 2.26 bits per heavy atom. The highest BCUT2D eigenvalue weighted by atomic mass is 16.5. The first-order valence-corrected chi connectivity index (χ1v) is 7.45. The molecule has 0 aliphatic rings. The molecule has 2 aromatic carbocycles. The summed E-state index contributed by atoms with van der Waals surface area (Å²) in [5, 5.41) is 8.76. The van der Waals surface area contributed by atoms with Gasteiger partial charge in [-0.05, 0) is 19.1 Å². The molecule has 23 heavy (non-hydrogen) atoms. The van der Waals surface area contributed by atoms with E-state index in [9.17, 15) is 0 Å². The second kappa shape index (κ2) is 5.57. The maximum atomic E-state index is 5.46. The van der Waals surface area contributed by atoms with Crippen LogP contribution < -0.4 is 0 Å². The minimum atomic E-state index is 0.725. The van der Waals surface area contributed by atoms with E-state index < -0.39 is 0 Å². The van der Waals surface area contributed by atoms with Gasteiger partial charge in [0, 0.05) is 17.8 Å². The van der Waals surface area contributed by atoms with Crippen molar-refractivity contribution in [2.24, 2.45) is 0 Å². The van der Waals surface area contributed by atoms with E-state index in [1.165, 1.54) is 0 Å². The number of para-hydroxylation sites is 1. The Morgan fingerprint density at radius 2 is 1.61 bits per heavy atom. The monoisotopic (exact) mass is 301 g/mol. The van der Waals surface area contributed by atoms with E-state index in [1.54, 1.807) is 0 Å². The van der Waals surface area contributed by atoms with Crippen LogP contribution in [0.3, 0.4) is 0 Å². The van der Waals surface area contributed by atoms with Gasteiger partial charge in [0.25, 0.3) is 0 Å². The van der Waals surface area contributed by atoms with Gasteiger partial charge >= 0.3 is 0 Å². The summed E-state index contributed by atoms with van der Waals surface area (Å²) in [7, 11) is 0. The Morgan fingerprint density at radius 1 is 0.913 bits per heavy atom. The molecule has 0 bridgehead atoms. The van der Waals surface area contributed by atoms with Crippen molar-refractivity contribution in [3.8, 4) is 28.3 Å². The average molecular weight is 301 g/mol. The van der Waals surface area contributed by atoms with Crippen LogP contribution in [0.15, 0.2) is 77.4 Å². The normalized spacial score (nSPS) is 10.8. The summed E-state index contributed by atoms with van der Waals surface area (Å²) in [4.78, 5) is 0. The Balaban J connectivity index is 1.91. The smallest absolute Gasteiger partial charge is 0.170 e. The molecule has 0 saturated heterocycles. The predicted octanol–water partition coefficient (Wildman–Crippen LogP) is 4.50. The van der Waals surface area contributed by atoms with Gasteiger partial charge in [-0.2, -0.15) is 5.10 Å². The molecular formula is C19H15N3O. The third-order valence-electron chi connectivity index (χ3n) is 3.68. The third kappa shape index (κ3) is 2.55. The molecule has 112 valence electrons. The quantitative estimate of drug-likeness (QED) is 0.559. The van der Waals surface area contributed by atoms with Crippen LogP contribution in [0.2, 0.25) is 0 Å². The van der Waals surface area contributed by atoms with E-state index >= 15 is 0 Å². The van der Waals surface area contributed by atoms with Gasteiger partial charge in [-0.1, -0.05) is 53.7 Å². The fourth-order valence-electron chi connectivity index (χ4n) is 2.57. The molecule has 0 atom stereocenters. The molecular weight excluding hydrogens is 286 g/mol. The van der Waals surface area contributed by atoms with Crippen LogP contribution >= 0.6 is 0 Å². The number of rotatable bonds is 3. The molecule has 0 aliphatic carbocycles. The zero-order valence-electron chi connectivity index (χ0n) is 12.7. The minimum Gasteiger partial charge on any atom is -0.356 e. The van der Waals surface area contributed by atoms with Crippen molar-refractivity contribution in [3.05, 3.63) is 78.6 Å². The lowest BCUT2D eigenvalue weighted by atomic mass is 10.1. The second-order valence-corrected chi connectivity index (χ2v) is 5.37. The maximum absolute atomic E-state index is 5.46. The highest BCUT2D eigenvalue weighted by Gasteiger charge is 2.17. The Labute approximate surface area is 134 Å². The van der Waals surface area contributed by atoms with Gasteiger partial charge < -0.3 is 4.52 Å². The largest absolute Gasteiger partial charge is 0.356 e. The van der Waals surface area contributed by atoms with Gasteiger partial charge in [-0.3, -0.25) is 0 Å². The first-order chi connectivity index (χ1) is 11.3. The molecule has 0 spiro atoms. The number of aryl methyl sites for hydroxylation is 1. The van der Waals surface area contributed by atoms with Crippen LogP contribution in [-0.2, 0) is 0 Å². The third-order valence-corrected chi connectivity index (χ3v) is 3.68. The molecule has 4 nitrogen and oxygen atoms in total. The summed E-state index contributed by atoms with van der Waals surface area (Å²) in [6, 6.07) is 22.1. The van der Waals surface area contributed by atoms with Crippen molar-refractivity contribution < 1.29 is 4.52 Å². The van der Waals surface area contributed by atoms with Crippen LogP contribution in [0, 0.1) is 6.92 Å². The first kappa shape index (κ1) is 13.5.